The van der Waals surface area contributed by atoms with Crippen LogP contribution in [0.2, 0.25) is 10.0 Å². The predicted octanol–water partition coefficient (Wildman–Crippen LogP) is 2.08. The summed E-state index contributed by atoms with van der Waals surface area (Å²) < 4.78 is 0. The van der Waals surface area contributed by atoms with Crippen LogP contribution < -0.4 is 5.73 Å². The van der Waals surface area contributed by atoms with Crippen molar-refractivity contribution in [3.05, 3.63) is 33.8 Å². The molecule has 0 heterocycles. The fourth-order valence-corrected chi connectivity index (χ4v) is 1.15. The van der Waals surface area contributed by atoms with E-state index in [9.17, 15) is 4.79 Å². The highest BCUT2D eigenvalue weighted by molar-refractivity contribution is 6.42. The van der Waals surface area contributed by atoms with Crippen LogP contribution in [0.4, 0.5) is 0 Å². The standard InChI is InChI=1S/C8H7Cl2NO2/c9-5-2-1-4(3-6(5)10)7(11)8(12)13/h1-3,7H,11H2,(H,12,13). The molecule has 13 heavy (non-hydrogen) atoms. The number of aliphatic carboxylic acids is 1. The Morgan fingerprint density at radius 3 is 2.46 bits per heavy atom. The molecular weight excluding hydrogens is 213 g/mol. The van der Waals surface area contributed by atoms with E-state index >= 15 is 0 Å². The summed E-state index contributed by atoms with van der Waals surface area (Å²) in [4.78, 5) is 10.5. The number of rotatable bonds is 2. The van der Waals surface area contributed by atoms with Crippen molar-refractivity contribution in [1.29, 1.82) is 0 Å². The Labute approximate surface area is 85.1 Å². The first-order chi connectivity index (χ1) is 6.02. The molecule has 0 saturated heterocycles. The number of hydrogen-bond donors (Lipinski definition) is 2. The average Bonchev–Trinajstić information content (AvgIpc) is 2.08. The van der Waals surface area contributed by atoms with E-state index in [4.69, 9.17) is 34.0 Å². The maximum absolute atomic E-state index is 10.5. The normalized spacial score (nSPS) is 12.5. The smallest absolute Gasteiger partial charge is 0.325 e. The van der Waals surface area contributed by atoms with Gasteiger partial charge in [-0.15, -0.1) is 0 Å². The van der Waals surface area contributed by atoms with Gasteiger partial charge >= 0.3 is 5.97 Å². The summed E-state index contributed by atoms with van der Waals surface area (Å²) >= 11 is 11.3. The number of hydrogen-bond acceptors (Lipinski definition) is 2. The first-order valence-electron chi connectivity index (χ1n) is 3.45. The molecule has 0 spiro atoms. The minimum atomic E-state index is -1.10. The maximum atomic E-state index is 10.5. The van der Waals surface area contributed by atoms with E-state index in [1.165, 1.54) is 18.2 Å². The molecule has 1 unspecified atom stereocenters. The quantitative estimate of drug-likeness (QED) is 0.801. The Balaban J connectivity index is 3.03. The van der Waals surface area contributed by atoms with Crippen LogP contribution in [0.15, 0.2) is 18.2 Å². The number of carbonyl (C=O) groups is 1. The van der Waals surface area contributed by atoms with Crippen molar-refractivity contribution in [2.45, 2.75) is 6.04 Å². The van der Waals surface area contributed by atoms with Crippen LogP contribution in [-0.4, -0.2) is 11.1 Å². The molecule has 0 fully saturated rings. The second-order valence-corrected chi connectivity index (χ2v) is 3.30. The Bertz CT molecular complexity index is 341. The molecule has 0 aromatic heterocycles. The van der Waals surface area contributed by atoms with Crippen molar-refractivity contribution in [3.63, 3.8) is 0 Å². The van der Waals surface area contributed by atoms with Crippen molar-refractivity contribution in [2.24, 2.45) is 5.73 Å². The van der Waals surface area contributed by atoms with Gasteiger partial charge in [0.25, 0.3) is 0 Å². The first kappa shape index (κ1) is 10.3. The van der Waals surface area contributed by atoms with Gasteiger partial charge in [-0.05, 0) is 17.7 Å². The van der Waals surface area contributed by atoms with Gasteiger partial charge in [-0.3, -0.25) is 4.79 Å². The van der Waals surface area contributed by atoms with E-state index in [0.717, 1.165) is 0 Å². The molecule has 1 atom stereocenters. The van der Waals surface area contributed by atoms with E-state index in [2.05, 4.69) is 0 Å². The van der Waals surface area contributed by atoms with Crippen LogP contribution in [0.3, 0.4) is 0 Å². The summed E-state index contributed by atoms with van der Waals surface area (Å²) in [7, 11) is 0. The zero-order valence-electron chi connectivity index (χ0n) is 6.50. The summed E-state index contributed by atoms with van der Waals surface area (Å²) in [6.07, 6.45) is 0. The van der Waals surface area contributed by atoms with E-state index in [1.54, 1.807) is 0 Å². The van der Waals surface area contributed by atoms with E-state index in [-0.39, 0.29) is 0 Å². The van der Waals surface area contributed by atoms with E-state index in [1.807, 2.05) is 0 Å². The molecule has 0 aliphatic carbocycles. The van der Waals surface area contributed by atoms with Gasteiger partial charge in [0.15, 0.2) is 0 Å². The Morgan fingerprint density at radius 1 is 1.38 bits per heavy atom. The van der Waals surface area contributed by atoms with Crippen LogP contribution in [0.5, 0.6) is 0 Å². The van der Waals surface area contributed by atoms with E-state index in [0.29, 0.717) is 15.6 Å². The van der Waals surface area contributed by atoms with Gasteiger partial charge in [-0.1, -0.05) is 29.3 Å². The van der Waals surface area contributed by atoms with Gasteiger partial charge in [0, 0.05) is 0 Å². The van der Waals surface area contributed by atoms with Crippen LogP contribution >= 0.6 is 23.2 Å². The number of carboxylic acid groups (broad SMARTS) is 1. The lowest BCUT2D eigenvalue weighted by molar-refractivity contribution is -0.138. The van der Waals surface area contributed by atoms with Crippen molar-refractivity contribution >= 4 is 29.2 Å². The van der Waals surface area contributed by atoms with Crippen molar-refractivity contribution in [2.75, 3.05) is 0 Å². The van der Waals surface area contributed by atoms with Gasteiger partial charge in [0.1, 0.15) is 6.04 Å². The molecule has 1 aromatic carbocycles. The van der Waals surface area contributed by atoms with Crippen LogP contribution in [0.25, 0.3) is 0 Å². The number of halogens is 2. The molecule has 3 N–H and O–H groups in total. The lowest BCUT2D eigenvalue weighted by Crippen LogP contribution is -2.20. The molecule has 3 nitrogen and oxygen atoms in total. The summed E-state index contributed by atoms with van der Waals surface area (Å²) in [5, 5.41) is 9.27. The Kier molecular flexibility index (Phi) is 3.14. The topological polar surface area (TPSA) is 63.3 Å². The molecule has 1 rings (SSSR count). The molecule has 0 saturated carbocycles. The van der Waals surface area contributed by atoms with E-state index < -0.39 is 12.0 Å². The third-order valence-electron chi connectivity index (χ3n) is 1.57. The third-order valence-corrected chi connectivity index (χ3v) is 2.31. The molecule has 1 aromatic rings. The highest BCUT2D eigenvalue weighted by Crippen LogP contribution is 2.24. The van der Waals surface area contributed by atoms with Crippen LogP contribution in [0, 0.1) is 0 Å². The number of carboxylic acids is 1. The molecular formula is C8H7Cl2NO2. The number of benzene rings is 1. The lowest BCUT2D eigenvalue weighted by Gasteiger charge is -2.07. The predicted molar refractivity (Wildman–Crippen MR) is 51.0 cm³/mol. The molecule has 5 heteroatoms. The summed E-state index contributed by atoms with van der Waals surface area (Å²) in [6, 6.07) is 3.44. The second kappa shape index (κ2) is 3.96. The highest BCUT2D eigenvalue weighted by atomic mass is 35.5. The summed E-state index contributed by atoms with van der Waals surface area (Å²) in [5.74, 6) is -1.10. The molecule has 0 amide bonds. The SMILES string of the molecule is NC(C(=O)O)c1ccc(Cl)c(Cl)c1. The van der Waals surface area contributed by atoms with Gasteiger partial charge in [-0.2, -0.15) is 0 Å². The van der Waals surface area contributed by atoms with Gasteiger partial charge < -0.3 is 10.8 Å². The minimum Gasteiger partial charge on any atom is -0.480 e. The zero-order chi connectivity index (χ0) is 10.0. The summed E-state index contributed by atoms with van der Waals surface area (Å²) in [6.45, 7) is 0. The minimum absolute atomic E-state index is 0.302. The average molecular weight is 220 g/mol. The number of nitrogens with two attached hydrogens (primary N) is 1. The van der Waals surface area contributed by atoms with Crippen molar-refractivity contribution < 1.29 is 9.90 Å². The lowest BCUT2D eigenvalue weighted by atomic mass is 10.1. The zero-order valence-corrected chi connectivity index (χ0v) is 8.01. The molecule has 0 aliphatic heterocycles. The fourth-order valence-electron chi connectivity index (χ4n) is 0.848. The molecule has 70 valence electrons. The Morgan fingerprint density at radius 2 is 2.00 bits per heavy atom. The van der Waals surface area contributed by atoms with Gasteiger partial charge in [0.2, 0.25) is 0 Å². The highest BCUT2D eigenvalue weighted by Gasteiger charge is 2.14. The summed E-state index contributed by atoms with van der Waals surface area (Å²) in [5.41, 5.74) is 5.79. The van der Waals surface area contributed by atoms with Gasteiger partial charge in [-0.25, -0.2) is 0 Å². The second-order valence-electron chi connectivity index (χ2n) is 2.49. The van der Waals surface area contributed by atoms with Crippen LogP contribution in [0.1, 0.15) is 11.6 Å². The maximum Gasteiger partial charge on any atom is 0.325 e. The van der Waals surface area contributed by atoms with Crippen molar-refractivity contribution in [1.82, 2.24) is 0 Å². The molecule has 0 radical (unpaired) electrons. The van der Waals surface area contributed by atoms with Gasteiger partial charge in [0.05, 0.1) is 10.0 Å². The van der Waals surface area contributed by atoms with Crippen LogP contribution in [-0.2, 0) is 4.79 Å². The first-order valence-corrected chi connectivity index (χ1v) is 4.21. The third kappa shape index (κ3) is 2.34. The Hall–Kier alpha value is -0.770. The molecule has 0 aliphatic rings. The molecule has 0 bridgehead atoms. The fraction of sp³-hybridized carbons (Fsp3) is 0.125. The van der Waals surface area contributed by atoms with Crippen molar-refractivity contribution in [3.8, 4) is 0 Å². The monoisotopic (exact) mass is 219 g/mol. The largest absolute Gasteiger partial charge is 0.480 e.